The van der Waals surface area contributed by atoms with Crippen LogP contribution in [0, 0.1) is 0 Å². The number of benzene rings is 1. The predicted molar refractivity (Wildman–Crippen MR) is 75.5 cm³/mol. The first-order valence-corrected chi connectivity index (χ1v) is 7.59. The van der Waals surface area contributed by atoms with Gasteiger partial charge in [0.2, 0.25) is 6.79 Å². The summed E-state index contributed by atoms with van der Waals surface area (Å²) in [5, 5.41) is 0. The SMILES string of the molecule is O=C(CC[NH+]1CCCCCC1)c1ccc2c(c1)OCO2.[Cl-]. The Kier molecular flexibility index (Phi) is 5.88. The molecule has 21 heavy (non-hydrogen) atoms. The molecule has 5 heteroatoms. The van der Waals surface area contributed by atoms with Crippen molar-refractivity contribution in [2.24, 2.45) is 0 Å². The first kappa shape index (κ1) is 16.1. The summed E-state index contributed by atoms with van der Waals surface area (Å²) in [6, 6.07) is 5.48. The lowest BCUT2D eigenvalue weighted by molar-refractivity contribution is -0.898. The van der Waals surface area contributed by atoms with Gasteiger partial charge in [-0.1, -0.05) is 0 Å². The molecular weight excluding hydrogens is 290 g/mol. The van der Waals surface area contributed by atoms with Crippen LogP contribution in [-0.4, -0.2) is 32.2 Å². The summed E-state index contributed by atoms with van der Waals surface area (Å²) < 4.78 is 10.6. The molecule has 0 amide bonds. The molecule has 2 heterocycles. The average Bonchev–Trinajstić information content (AvgIpc) is 2.78. The lowest BCUT2D eigenvalue weighted by Gasteiger charge is -2.16. The molecule has 116 valence electrons. The molecule has 0 bridgehead atoms. The number of Topliss-reactive ketones (excluding diaryl/α,β-unsaturated/α-hetero) is 1. The number of hydrogen-bond donors (Lipinski definition) is 1. The second-order valence-corrected chi connectivity index (χ2v) is 5.66. The van der Waals surface area contributed by atoms with E-state index in [1.165, 1.54) is 38.8 Å². The number of ketones is 1. The second kappa shape index (κ2) is 7.66. The minimum absolute atomic E-state index is 0. The molecule has 0 unspecified atom stereocenters. The highest BCUT2D eigenvalue weighted by molar-refractivity contribution is 5.96. The number of fused-ring (bicyclic) bond motifs is 1. The first-order valence-electron chi connectivity index (χ1n) is 7.59. The third kappa shape index (κ3) is 4.11. The Labute approximate surface area is 131 Å². The maximum atomic E-state index is 12.3. The van der Waals surface area contributed by atoms with Gasteiger partial charge in [-0.3, -0.25) is 4.79 Å². The highest BCUT2D eigenvalue weighted by Crippen LogP contribution is 2.32. The smallest absolute Gasteiger partial charge is 0.231 e. The zero-order chi connectivity index (χ0) is 13.8. The van der Waals surface area contributed by atoms with Crippen molar-refractivity contribution in [3.05, 3.63) is 23.8 Å². The summed E-state index contributed by atoms with van der Waals surface area (Å²) >= 11 is 0. The van der Waals surface area contributed by atoms with Crippen LogP contribution < -0.4 is 26.8 Å². The van der Waals surface area contributed by atoms with E-state index in [2.05, 4.69) is 0 Å². The molecule has 2 aliphatic heterocycles. The number of carbonyl (C=O) groups is 1. The maximum Gasteiger partial charge on any atom is 0.231 e. The summed E-state index contributed by atoms with van der Waals surface area (Å²) in [6.07, 6.45) is 5.91. The number of nitrogens with one attached hydrogen (secondary N) is 1. The second-order valence-electron chi connectivity index (χ2n) is 5.66. The van der Waals surface area contributed by atoms with Crippen molar-refractivity contribution in [2.75, 3.05) is 26.4 Å². The summed E-state index contributed by atoms with van der Waals surface area (Å²) in [7, 11) is 0. The minimum atomic E-state index is 0. The largest absolute Gasteiger partial charge is 1.00 e. The van der Waals surface area contributed by atoms with Gasteiger partial charge >= 0.3 is 0 Å². The fourth-order valence-electron chi connectivity index (χ4n) is 2.98. The molecule has 0 spiro atoms. The summed E-state index contributed by atoms with van der Waals surface area (Å²) in [5.74, 6) is 1.64. The van der Waals surface area contributed by atoms with Crippen molar-refractivity contribution in [2.45, 2.75) is 32.1 Å². The van der Waals surface area contributed by atoms with E-state index < -0.39 is 0 Å². The molecule has 0 aromatic heterocycles. The molecule has 1 aromatic carbocycles. The van der Waals surface area contributed by atoms with Crippen molar-refractivity contribution >= 4 is 5.78 Å². The molecule has 1 aromatic rings. The molecule has 1 saturated heterocycles. The standard InChI is InChI=1S/C16H21NO3.ClH/c18-14(7-10-17-8-3-1-2-4-9-17)13-5-6-15-16(11-13)20-12-19-15;/h5-6,11H,1-4,7-10,12H2;1H. The van der Waals surface area contributed by atoms with Gasteiger partial charge in [-0.05, 0) is 43.9 Å². The van der Waals surface area contributed by atoms with Crippen LogP contribution in [0.3, 0.4) is 0 Å². The molecule has 0 aliphatic carbocycles. The molecule has 4 nitrogen and oxygen atoms in total. The van der Waals surface area contributed by atoms with Gasteiger partial charge in [-0.25, -0.2) is 0 Å². The minimum Gasteiger partial charge on any atom is -1.00 e. The van der Waals surface area contributed by atoms with Gasteiger partial charge in [-0.15, -0.1) is 0 Å². The lowest BCUT2D eigenvalue weighted by atomic mass is 10.1. The van der Waals surface area contributed by atoms with Crippen LogP contribution >= 0.6 is 0 Å². The van der Waals surface area contributed by atoms with E-state index >= 15 is 0 Å². The highest BCUT2D eigenvalue weighted by atomic mass is 35.5. The fourth-order valence-corrected chi connectivity index (χ4v) is 2.98. The maximum absolute atomic E-state index is 12.3. The molecule has 1 N–H and O–H groups in total. The van der Waals surface area contributed by atoms with Gasteiger partial charge in [0.15, 0.2) is 17.3 Å². The predicted octanol–water partition coefficient (Wildman–Crippen LogP) is -1.55. The van der Waals surface area contributed by atoms with E-state index in [9.17, 15) is 4.79 Å². The Morgan fingerprint density at radius 1 is 1.05 bits per heavy atom. The summed E-state index contributed by atoms with van der Waals surface area (Å²) in [6.45, 7) is 3.64. The zero-order valence-corrected chi connectivity index (χ0v) is 13.0. The molecule has 3 rings (SSSR count). The van der Waals surface area contributed by atoms with Gasteiger partial charge in [0.05, 0.1) is 26.1 Å². The van der Waals surface area contributed by atoms with Crippen LogP contribution in [0.5, 0.6) is 11.5 Å². The molecule has 0 radical (unpaired) electrons. The van der Waals surface area contributed by atoms with Crippen molar-refractivity contribution in [1.29, 1.82) is 0 Å². The fraction of sp³-hybridized carbons (Fsp3) is 0.562. The number of rotatable bonds is 4. The van der Waals surface area contributed by atoms with Crippen molar-refractivity contribution in [3.63, 3.8) is 0 Å². The van der Waals surface area contributed by atoms with E-state index in [1.807, 2.05) is 18.2 Å². The Hall–Kier alpha value is -1.26. The number of hydrogen-bond acceptors (Lipinski definition) is 3. The van der Waals surface area contributed by atoms with Crippen LogP contribution in [-0.2, 0) is 0 Å². The van der Waals surface area contributed by atoms with Crippen LogP contribution in [0.25, 0.3) is 0 Å². The van der Waals surface area contributed by atoms with Crippen LogP contribution in [0.4, 0.5) is 0 Å². The van der Waals surface area contributed by atoms with Crippen molar-refractivity contribution in [3.8, 4) is 11.5 Å². The Balaban J connectivity index is 0.00000161. The quantitative estimate of drug-likeness (QED) is 0.685. The van der Waals surface area contributed by atoms with Gasteiger partial charge < -0.3 is 26.8 Å². The van der Waals surface area contributed by atoms with Gasteiger partial charge in [0, 0.05) is 5.56 Å². The van der Waals surface area contributed by atoms with Gasteiger partial charge in [-0.2, -0.15) is 0 Å². The van der Waals surface area contributed by atoms with E-state index in [-0.39, 0.29) is 25.0 Å². The number of ether oxygens (including phenoxy) is 2. The third-order valence-electron chi connectivity index (χ3n) is 4.21. The van der Waals surface area contributed by atoms with E-state index in [0.717, 1.165) is 17.9 Å². The molecule has 0 atom stereocenters. The van der Waals surface area contributed by atoms with Crippen LogP contribution in [0.15, 0.2) is 18.2 Å². The van der Waals surface area contributed by atoms with Crippen molar-refractivity contribution < 1.29 is 31.6 Å². The number of halogens is 1. The van der Waals surface area contributed by atoms with Gasteiger partial charge in [0.25, 0.3) is 0 Å². The number of carbonyl (C=O) groups excluding carboxylic acids is 1. The first-order chi connectivity index (χ1) is 9.83. The van der Waals surface area contributed by atoms with E-state index in [1.54, 1.807) is 4.90 Å². The zero-order valence-electron chi connectivity index (χ0n) is 12.2. The van der Waals surface area contributed by atoms with Crippen LogP contribution in [0.2, 0.25) is 0 Å². The van der Waals surface area contributed by atoms with E-state index in [0.29, 0.717) is 12.2 Å². The van der Waals surface area contributed by atoms with Gasteiger partial charge in [0.1, 0.15) is 0 Å². The molecule has 1 fully saturated rings. The van der Waals surface area contributed by atoms with Crippen molar-refractivity contribution in [1.82, 2.24) is 0 Å². The van der Waals surface area contributed by atoms with E-state index in [4.69, 9.17) is 9.47 Å². The van der Waals surface area contributed by atoms with Crippen LogP contribution in [0.1, 0.15) is 42.5 Å². The Bertz CT molecular complexity index is 484. The Morgan fingerprint density at radius 3 is 2.52 bits per heavy atom. The monoisotopic (exact) mass is 311 g/mol. The summed E-state index contributed by atoms with van der Waals surface area (Å²) in [5.41, 5.74) is 0.739. The molecular formula is C16H22ClNO3. The topological polar surface area (TPSA) is 40.0 Å². The number of quaternary nitrogens is 1. The average molecular weight is 312 g/mol. The lowest BCUT2D eigenvalue weighted by Crippen LogP contribution is -3.11. The summed E-state index contributed by atoms with van der Waals surface area (Å²) in [4.78, 5) is 13.8. The number of likely N-dealkylation sites (tertiary alicyclic amines) is 1. The Morgan fingerprint density at radius 2 is 1.76 bits per heavy atom. The molecule has 2 aliphatic rings. The third-order valence-corrected chi connectivity index (χ3v) is 4.21. The highest BCUT2D eigenvalue weighted by Gasteiger charge is 2.18. The normalized spacial score (nSPS) is 17.9. The molecule has 0 saturated carbocycles.